The third kappa shape index (κ3) is 4.58. The molecule has 0 aliphatic rings. The van der Waals surface area contributed by atoms with E-state index in [0.717, 1.165) is 11.1 Å². The van der Waals surface area contributed by atoms with E-state index in [1.807, 2.05) is 0 Å². The topological polar surface area (TPSA) is 55.5 Å². The molecule has 0 aromatic heterocycles. The zero-order chi connectivity index (χ0) is 16.1. The average Bonchev–Trinajstić information content (AvgIpc) is 2.49. The van der Waals surface area contributed by atoms with Gasteiger partial charge in [-0.05, 0) is 53.9 Å². The van der Waals surface area contributed by atoms with Crippen molar-refractivity contribution >= 4 is 23.2 Å². The van der Waals surface area contributed by atoms with Crippen LogP contribution in [-0.2, 0) is 13.0 Å². The summed E-state index contributed by atoms with van der Waals surface area (Å²) < 4.78 is 18.5. The minimum atomic E-state index is -0.414. The molecule has 0 radical (unpaired) electrons. The minimum absolute atomic E-state index is 0.142. The molecule has 0 aliphatic carbocycles. The van der Waals surface area contributed by atoms with Gasteiger partial charge >= 0.3 is 0 Å². The van der Waals surface area contributed by atoms with Gasteiger partial charge in [0.15, 0.2) is 0 Å². The smallest absolute Gasteiger partial charge is 0.123 e. The molecule has 6 heteroatoms. The number of benzene rings is 2. The van der Waals surface area contributed by atoms with E-state index in [2.05, 4.69) is 0 Å². The molecule has 2 aromatic rings. The molecule has 0 saturated heterocycles. The molecule has 1 atom stereocenters. The Morgan fingerprint density at radius 3 is 2.50 bits per heavy atom. The molecule has 3 nitrogen and oxygen atoms in total. The highest BCUT2D eigenvalue weighted by Gasteiger charge is 2.13. The molecule has 0 saturated carbocycles. The predicted octanol–water partition coefficient (Wildman–Crippen LogP) is 3.57. The van der Waals surface area contributed by atoms with Gasteiger partial charge in [0.05, 0.1) is 6.61 Å². The molecular formula is C16H16Cl2FNO2. The largest absolute Gasteiger partial charge is 0.489 e. The van der Waals surface area contributed by atoms with Gasteiger partial charge in [-0.3, -0.25) is 0 Å². The van der Waals surface area contributed by atoms with Crippen LogP contribution in [0.15, 0.2) is 36.4 Å². The van der Waals surface area contributed by atoms with Crippen molar-refractivity contribution in [1.82, 2.24) is 0 Å². The van der Waals surface area contributed by atoms with E-state index in [4.69, 9.17) is 38.8 Å². The number of hydrogen-bond donors (Lipinski definition) is 2. The van der Waals surface area contributed by atoms with E-state index in [-0.39, 0.29) is 19.0 Å². The van der Waals surface area contributed by atoms with Gasteiger partial charge < -0.3 is 15.6 Å². The van der Waals surface area contributed by atoms with Gasteiger partial charge in [-0.2, -0.15) is 0 Å². The number of hydrogen-bond acceptors (Lipinski definition) is 3. The minimum Gasteiger partial charge on any atom is -0.489 e. The first-order valence-corrected chi connectivity index (χ1v) is 7.46. The van der Waals surface area contributed by atoms with Crippen LogP contribution in [0.5, 0.6) is 5.75 Å². The van der Waals surface area contributed by atoms with E-state index in [9.17, 15) is 4.39 Å². The quantitative estimate of drug-likeness (QED) is 0.842. The van der Waals surface area contributed by atoms with Crippen LogP contribution >= 0.6 is 23.2 Å². The Kier molecular flexibility index (Phi) is 6.03. The van der Waals surface area contributed by atoms with Crippen molar-refractivity contribution in [3.63, 3.8) is 0 Å². The number of ether oxygens (including phenoxy) is 1. The maximum Gasteiger partial charge on any atom is 0.123 e. The van der Waals surface area contributed by atoms with Gasteiger partial charge in [0, 0.05) is 16.1 Å². The molecular weight excluding hydrogens is 328 g/mol. The highest BCUT2D eigenvalue weighted by molar-refractivity contribution is 6.35. The molecule has 2 rings (SSSR count). The van der Waals surface area contributed by atoms with Gasteiger partial charge in [-0.1, -0.05) is 23.2 Å². The predicted molar refractivity (Wildman–Crippen MR) is 86.0 cm³/mol. The van der Waals surface area contributed by atoms with Crippen molar-refractivity contribution in [2.24, 2.45) is 5.73 Å². The molecule has 0 bridgehead atoms. The summed E-state index contributed by atoms with van der Waals surface area (Å²) in [6.07, 6.45) is 0.411. The highest BCUT2D eigenvalue weighted by Crippen LogP contribution is 2.27. The van der Waals surface area contributed by atoms with Crippen LogP contribution in [-0.4, -0.2) is 17.8 Å². The Morgan fingerprint density at radius 1 is 1.18 bits per heavy atom. The Balaban J connectivity index is 2.19. The second-order valence-corrected chi connectivity index (χ2v) is 5.76. The third-order valence-electron chi connectivity index (χ3n) is 3.16. The SMILES string of the molecule is NC(CO)Cc1c(Cl)cc(Cl)cc1COc1ccc(F)cc1. The number of nitrogens with two attached hydrogens (primary N) is 1. The molecule has 0 heterocycles. The van der Waals surface area contributed by atoms with E-state index in [0.29, 0.717) is 22.2 Å². The summed E-state index contributed by atoms with van der Waals surface area (Å²) in [6.45, 7) is 0.0800. The highest BCUT2D eigenvalue weighted by atomic mass is 35.5. The molecule has 0 aliphatic heterocycles. The first-order chi connectivity index (χ1) is 10.5. The van der Waals surface area contributed by atoms with Crippen LogP contribution in [0.2, 0.25) is 10.0 Å². The lowest BCUT2D eigenvalue weighted by atomic mass is 10.0. The van der Waals surface area contributed by atoms with Crippen molar-refractivity contribution in [3.8, 4) is 5.75 Å². The van der Waals surface area contributed by atoms with E-state index < -0.39 is 6.04 Å². The fourth-order valence-corrected chi connectivity index (χ4v) is 2.65. The molecule has 0 amide bonds. The van der Waals surface area contributed by atoms with E-state index in [1.54, 1.807) is 24.3 Å². The second kappa shape index (κ2) is 7.79. The van der Waals surface area contributed by atoms with Crippen LogP contribution < -0.4 is 10.5 Å². The van der Waals surface area contributed by atoms with Crippen LogP contribution in [0.25, 0.3) is 0 Å². The fraction of sp³-hybridized carbons (Fsp3) is 0.250. The van der Waals surface area contributed by atoms with Gasteiger partial charge in [-0.25, -0.2) is 4.39 Å². The van der Waals surface area contributed by atoms with Crippen molar-refractivity contribution in [2.75, 3.05) is 6.61 Å². The van der Waals surface area contributed by atoms with E-state index >= 15 is 0 Å². The van der Waals surface area contributed by atoms with Crippen LogP contribution in [0.4, 0.5) is 4.39 Å². The molecule has 22 heavy (non-hydrogen) atoms. The second-order valence-electron chi connectivity index (χ2n) is 4.91. The Hall–Kier alpha value is -1.33. The molecule has 0 fully saturated rings. The van der Waals surface area contributed by atoms with Crippen LogP contribution in [0.1, 0.15) is 11.1 Å². The molecule has 2 aromatic carbocycles. The van der Waals surface area contributed by atoms with Crippen LogP contribution in [0.3, 0.4) is 0 Å². The van der Waals surface area contributed by atoms with Gasteiger partial charge in [0.1, 0.15) is 18.2 Å². The van der Waals surface area contributed by atoms with Crippen molar-refractivity contribution < 1.29 is 14.2 Å². The maximum atomic E-state index is 12.9. The van der Waals surface area contributed by atoms with Gasteiger partial charge in [-0.15, -0.1) is 0 Å². The Morgan fingerprint density at radius 2 is 1.86 bits per heavy atom. The summed E-state index contributed by atoms with van der Waals surface area (Å²) in [5.74, 6) is 0.211. The standard InChI is InChI=1S/C16H16Cl2FNO2/c17-11-5-10(9-22-14-3-1-12(19)2-4-14)15(16(18)6-11)7-13(20)8-21/h1-6,13,21H,7-9,20H2. The Labute approximate surface area is 138 Å². The van der Waals surface area contributed by atoms with E-state index in [1.165, 1.54) is 12.1 Å². The first-order valence-electron chi connectivity index (χ1n) is 6.71. The lowest BCUT2D eigenvalue weighted by Crippen LogP contribution is -2.27. The normalized spacial score (nSPS) is 12.2. The monoisotopic (exact) mass is 343 g/mol. The molecule has 3 N–H and O–H groups in total. The first kappa shape index (κ1) is 17.0. The molecule has 1 unspecified atom stereocenters. The number of rotatable bonds is 6. The summed E-state index contributed by atoms with van der Waals surface area (Å²) in [6, 6.07) is 8.69. The maximum absolute atomic E-state index is 12.9. The molecule has 0 spiro atoms. The summed E-state index contributed by atoms with van der Waals surface area (Å²) >= 11 is 12.2. The summed E-state index contributed by atoms with van der Waals surface area (Å²) in [5, 5.41) is 10.1. The van der Waals surface area contributed by atoms with Gasteiger partial charge in [0.25, 0.3) is 0 Å². The number of aliphatic hydroxyl groups is 1. The zero-order valence-electron chi connectivity index (χ0n) is 11.7. The summed E-state index contributed by atoms with van der Waals surface area (Å²) in [4.78, 5) is 0. The average molecular weight is 344 g/mol. The third-order valence-corrected chi connectivity index (χ3v) is 3.72. The summed E-state index contributed by atoms with van der Waals surface area (Å²) in [7, 11) is 0. The summed E-state index contributed by atoms with van der Waals surface area (Å²) in [5.41, 5.74) is 7.35. The number of aliphatic hydroxyl groups excluding tert-OH is 1. The van der Waals surface area contributed by atoms with Crippen molar-refractivity contribution in [1.29, 1.82) is 0 Å². The Bertz CT molecular complexity index is 635. The van der Waals surface area contributed by atoms with Crippen LogP contribution in [0, 0.1) is 5.82 Å². The number of halogens is 3. The lowest BCUT2D eigenvalue weighted by molar-refractivity contribution is 0.264. The zero-order valence-corrected chi connectivity index (χ0v) is 13.2. The van der Waals surface area contributed by atoms with Crippen molar-refractivity contribution in [3.05, 3.63) is 63.4 Å². The fourth-order valence-electron chi connectivity index (χ4n) is 2.03. The lowest BCUT2D eigenvalue weighted by Gasteiger charge is -2.16. The molecule has 118 valence electrons. The van der Waals surface area contributed by atoms with Gasteiger partial charge in [0.2, 0.25) is 0 Å². The van der Waals surface area contributed by atoms with Crippen molar-refractivity contribution in [2.45, 2.75) is 19.1 Å².